The van der Waals surface area contributed by atoms with E-state index < -0.39 is 10.2 Å². The highest BCUT2D eigenvalue weighted by molar-refractivity contribution is 7.86. The number of rotatable bonds is 4. The Morgan fingerprint density at radius 1 is 0.963 bits per heavy atom. The molecule has 0 atom stereocenters. The molecule has 0 spiro atoms. The summed E-state index contributed by atoms with van der Waals surface area (Å²) >= 11 is 0. The Labute approximate surface area is 160 Å². The van der Waals surface area contributed by atoms with Gasteiger partial charge in [0.05, 0.1) is 24.1 Å². The number of nitrogens with zero attached hydrogens (tertiary/aromatic N) is 5. The first-order valence-corrected chi connectivity index (χ1v) is 10.9. The molecule has 150 valence electrons. The van der Waals surface area contributed by atoms with Gasteiger partial charge in [0.1, 0.15) is 0 Å². The summed E-state index contributed by atoms with van der Waals surface area (Å²) in [6, 6.07) is -0.199. The topological polar surface area (TPSA) is 98.7 Å². The second kappa shape index (κ2) is 8.94. The lowest BCUT2D eigenvalue weighted by Crippen LogP contribution is -2.47. The summed E-state index contributed by atoms with van der Waals surface area (Å²) in [5.74, 6) is 0. The van der Waals surface area contributed by atoms with Crippen LogP contribution in [0.4, 0.5) is 4.79 Å². The quantitative estimate of drug-likeness (QED) is 0.809. The maximum absolute atomic E-state index is 12.8. The Morgan fingerprint density at radius 2 is 1.67 bits per heavy atom. The maximum Gasteiger partial charge on any atom is 0.317 e. The van der Waals surface area contributed by atoms with Crippen LogP contribution in [0.5, 0.6) is 0 Å². The van der Waals surface area contributed by atoms with Crippen molar-refractivity contribution in [2.75, 3.05) is 39.3 Å². The minimum absolute atomic E-state index is 0.199. The Morgan fingerprint density at radius 3 is 2.37 bits per heavy atom. The van der Waals surface area contributed by atoms with E-state index in [0.29, 0.717) is 57.9 Å². The third kappa shape index (κ3) is 5.14. The average Bonchev–Trinajstić information content (AvgIpc) is 2.95. The molecule has 27 heavy (non-hydrogen) atoms. The molecule has 0 bridgehead atoms. The van der Waals surface area contributed by atoms with E-state index in [4.69, 9.17) is 0 Å². The first-order valence-electron chi connectivity index (χ1n) is 9.52. The highest BCUT2D eigenvalue weighted by Crippen LogP contribution is 2.18. The van der Waals surface area contributed by atoms with Crippen LogP contribution in [0.3, 0.4) is 0 Å². The van der Waals surface area contributed by atoms with E-state index in [-0.39, 0.29) is 6.03 Å². The fourth-order valence-electron chi connectivity index (χ4n) is 3.38. The van der Waals surface area contributed by atoms with Gasteiger partial charge in [-0.3, -0.25) is 9.97 Å². The number of amides is 2. The molecule has 0 aromatic carbocycles. The Balaban J connectivity index is 1.52. The van der Waals surface area contributed by atoms with Gasteiger partial charge in [-0.15, -0.1) is 0 Å². The van der Waals surface area contributed by atoms with Gasteiger partial charge < -0.3 is 10.2 Å². The van der Waals surface area contributed by atoms with Crippen molar-refractivity contribution in [3.8, 4) is 0 Å². The predicted molar refractivity (Wildman–Crippen MR) is 101 cm³/mol. The van der Waals surface area contributed by atoms with Gasteiger partial charge in [-0.25, -0.2) is 4.79 Å². The minimum atomic E-state index is -3.43. The lowest BCUT2D eigenvalue weighted by Gasteiger charge is -2.31. The number of urea groups is 1. The van der Waals surface area contributed by atoms with E-state index in [1.54, 1.807) is 21.6 Å². The van der Waals surface area contributed by atoms with Gasteiger partial charge in [-0.2, -0.15) is 17.0 Å². The molecule has 10 heteroatoms. The molecule has 2 aliphatic rings. The van der Waals surface area contributed by atoms with Crippen LogP contribution in [0.25, 0.3) is 0 Å². The fourth-order valence-corrected chi connectivity index (χ4v) is 5.09. The lowest BCUT2D eigenvalue weighted by molar-refractivity contribution is 0.199. The number of hydrogen-bond acceptors (Lipinski definition) is 5. The number of nitrogens with one attached hydrogen (secondary N) is 1. The molecule has 9 nitrogen and oxygen atoms in total. The highest BCUT2D eigenvalue weighted by Gasteiger charge is 2.32. The van der Waals surface area contributed by atoms with Crippen LogP contribution in [-0.2, 0) is 16.8 Å². The van der Waals surface area contributed by atoms with Crippen molar-refractivity contribution in [1.82, 2.24) is 28.8 Å². The molecule has 0 saturated carbocycles. The van der Waals surface area contributed by atoms with Crippen molar-refractivity contribution in [3.63, 3.8) is 0 Å². The summed E-state index contributed by atoms with van der Waals surface area (Å²) in [6.45, 7) is 5.06. The SMILES string of the molecule is Cc1cnc(CNC(=O)N2CCCN(S(=O)(=O)N3CCCCC3)CC2)cn1. The largest absolute Gasteiger partial charge is 0.332 e. The number of hydrogen-bond donors (Lipinski definition) is 1. The van der Waals surface area contributed by atoms with Gasteiger partial charge in [-0.05, 0) is 26.2 Å². The zero-order chi connectivity index (χ0) is 19.3. The van der Waals surface area contributed by atoms with E-state index >= 15 is 0 Å². The smallest absolute Gasteiger partial charge is 0.317 e. The average molecular weight is 397 g/mol. The predicted octanol–water partition coefficient (Wildman–Crippen LogP) is 0.733. The second-order valence-corrected chi connectivity index (χ2v) is 8.94. The van der Waals surface area contributed by atoms with Crippen molar-refractivity contribution in [2.45, 2.75) is 39.2 Å². The minimum Gasteiger partial charge on any atom is -0.332 e. The zero-order valence-electron chi connectivity index (χ0n) is 15.8. The first-order chi connectivity index (χ1) is 13.0. The van der Waals surface area contributed by atoms with Crippen molar-refractivity contribution >= 4 is 16.2 Å². The molecule has 2 aliphatic heterocycles. The van der Waals surface area contributed by atoms with E-state index in [9.17, 15) is 13.2 Å². The first kappa shape index (κ1) is 20.0. The maximum atomic E-state index is 12.8. The molecule has 2 amide bonds. The summed E-state index contributed by atoms with van der Waals surface area (Å²) in [5.41, 5.74) is 1.52. The summed E-state index contributed by atoms with van der Waals surface area (Å²) in [5, 5.41) is 2.84. The molecule has 3 rings (SSSR count). The van der Waals surface area contributed by atoms with Gasteiger partial charge in [0.15, 0.2) is 0 Å². The van der Waals surface area contributed by atoms with Gasteiger partial charge in [-0.1, -0.05) is 6.42 Å². The Bertz CT molecular complexity index is 734. The normalized spacial score (nSPS) is 20.3. The third-order valence-electron chi connectivity index (χ3n) is 4.96. The molecular formula is C17H28N6O3S. The summed E-state index contributed by atoms with van der Waals surface area (Å²) in [4.78, 5) is 22.5. The van der Waals surface area contributed by atoms with Crippen molar-refractivity contribution in [2.24, 2.45) is 0 Å². The number of aryl methyl sites for hydroxylation is 1. The van der Waals surface area contributed by atoms with E-state index in [0.717, 1.165) is 25.0 Å². The third-order valence-corrected chi connectivity index (χ3v) is 7.00. The summed E-state index contributed by atoms with van der Waals surface area (Å²) in [6.07, 6.45) is 6.87. The monoisotopic (exact) mass is 396 g/mol. The molecule has 1 N–H and O–H groups in total. The summed E-state index contributed by atoms with van der Waals surface area (Å²) < 4.78 is 28.8. The van der Waals surface area contributed by atoms with Crippen LogP contribution >= 0.6 is 0 Å². The van der Waals surface area contributed by atoms with Crippen LogP contribution in [0.15, 0.2) is 12.4 Å². The van der Waals surface area contributed by atoms with E-state index in [1.165, 1.54) is 4.31 Å². The van der Waals surface area contributed by atoms with Crippen LogP contribution in [0, 0.1) is 6.92 Å². The number of carbonyl (C=O) groups is 1. The van der Waals surface area contributed by atoms with Crippen LogP contribution in [-0.4, -0.2) is 77.2 Å². The molecule has 0 aliphatic carbocycles. The van der Waals surface area contributed by atoms with Crippen LogP contribution < -0.4 is 5.32 Å². The van der Waals surface area contributed by atoms with Crippen molar-refractivity contribution in [1.29, 1.82) is 0 Å². The van der Waals surface area contributed by atoms with Gasteiger partial charge in [0.2, 0.25) is 0 Å². The molecule has 2 saturated heterocycles. The van der Waals surface area contributed by atoms with Gasteiger partial charge in [0.25, 0.3) is 10.2 Å². The molecule has 0 radical (unpaired) electrons. The standard InChI is InChI=1S/C17H28N6O3S/c1-15-12-19-16(13-18-15)14-20-17(24)21-6-5-9-23(11-10-21)27(25,26)22-7-3-2-4-8-22/h12-13H,2-11,14H2,1H3,(H,20,24). The molecule has 2 fully saturated rings. The Kier molecular flexibility index (Phi) is 6.61. The number of aromatic nitrogens is 2. The van der Waals surface area contributed by atoms with Crippen molar-refractivity contribution < 1.29 is 13.2 Å². The summed E-state index contributed by atoms with van der Waals surface area (Å²) in [7, 11) is -3.43. The molecule has 0 unspecified atom stereocenters. The second-order valence-electron chi connectivity index (χ2n) is 7.01. The molecule has 1 aromatic rings. The van der Waals surface area contributed by atoms with Crippen LogP contribution in [0.1, 0.15) is 37.1 Å². The number of piperidine rings is 1. The Hall–Kier alpha value is -1.78. The van der Waals surface area contributed by atoms with Gasteiger partial charge >= 0.3 is 6.03 Å². The molecule has 1 aromatic heterocycles. The van der Waals surface area contributed by atoms with Gasteiger partial charge in [0, 0.05) is 45.5 Å². The number of carbonyl (C=O) groups excluding carboxylic acids is 1. The zero-order valence-corrected chi connectivity index (χ0v) is 16.6. The van der Waals surface area contributed by atoms with E-state index in [2.05, 4.69) is 15.3 Å². The molecular weight excluding hydrogens is 368 g/mol. The fraction of sp³-hybridized carbons (Fsp3) is 0.706. The highest BCUT2D eigenvalue weighted by atomic mass is 32.2. The van der Waals surface area contributed by atoms with E-state index in [1.807, 2.05) is 6.92 Å². The van der Waals surface area contributed by atoms with Crippen LogP contribution in [0.2, 0.25) is 0 Å². The van der Waals surface area contributed by atoms with Crippen molar-refractivity contribution in [3.05, 3.63) is 23.8 Å². The lowest BCUT2D eigenvalue weighted by atomic mass is 10.2. The molecule has 3 heterocycles.